The summed E-state index contributed by atoms with van der Waals surface area (Å²) in [6, 6.07) is 4.67. The number of nitrogens with zero attached hydrogens (tertiary/aromatic N) is 3. The molecule has 2 heterocycles. The van der Waals surface area contributed by atoms with Gasteiger partial charge in [0.2, 0.25) is 0 Å². The molecule has 0 bridgehead atoms. The largest absolute Gasteiger partial charge is 0.296 e. The monoisotopic (exact) mass is 472 g/mol. The maximum absolute atomic E-state index is 12.5. The van der Waals surface area contributed by atoms with Crippen molar-refractivity contribution in [1.82, 2.24) is 15.0 Å². The normalized spacial score (nSPS) is 11.7. The Bertz CT molecular complexity index is 1100. The molecule has 0 saturated carbocycles. The number of hydrogen-bond donors (Lipinski definition) is 1. The molecule has 1 aromatic carbocycles. The summed E-state index contributed by atoms with van der Waals surface area (Å²) in [5, 5.41) is 3.59. The van der Waals surface area contributed by atoms with Gasteiger partial charge in [-0.05, 0) is 39.9 Å². The van der Waals surface area contributed by atoms with Crippen LogP contribution in [0.1, 0.15) is 17.4 Å². The minimum absolute atomic E-state index is 0.214. The van der Waals surface area contributed by atoms with Gasteiger partial charge in [0.15, 0.2) is 20.1 Å². The minimum Gasteiger partial charge on any atom is -0.296 e. The number of hydrogen-bond acceptors (Lipinski definition) is 8. The van der Waals surface area contributed by atoms with Crippen LogP contribution in [-0.4, -0.2) is 41.3 Å². The fraction of sp³-hybridized carbons (Fsp3) is 0.200. The molecule has 3 rings (SSSR count). The molecular weight excluding hydrogens is 460 g/mol. The molecule has 0 radical (unpaired) electrons. The third-order valence-electron chi connectivity index (χ3n) is 3.22. The van der Waals surface area contributed by atoms with Gasteiger partial charge in [-0.1, -0.05) is 30.0 Å². The first-order valence-corrected chi connectivity index (χ1v) is 11.8. The van der Waals surface area contributed by atoms with Crippen LogP contribution in [0.4, 0.5) is 5.13 Å². The van der Waals surface area contributed by atoms with Gasteiger partial charge in [-0.3, -0.25) is 10.1 Å². The van der Waals surface area contributed by atoms with Gasteiger partial charge in [0, 0.05) is 12.5 Å². The summed E-state index contributed by atoms with van der Waals surface area (Å²) in [5.41, 5.74) is 0.828. The number of carbonyl (C=O) groups excluding carboxylic acids is 1. The predicted molar refractivity (Wildman–Crippen MR) is 107 cm³/mol. The molecule has 1 N–H and O–H groups in total. The molecule has 7 nitrogen and oxygen atoms in total. The maximum Gasteiger partial charge on any atom is 0.277 e. The SMILES string of the molecule is CCSc1ncc(Br)c(C(=O)Nc2nc3ccc(S(C)(=O)=O)cc3s2)n1. The van der Waals surface area contributed by atoms with E-state index in [-0.39, 0.29) is 10.6 Å². The molecule has 0 aliphatic rings. The number of rotatable bonds is 5. The Labute approximate surface area is 166 Å². The summed E-state index contributed by atoms with van der Waals surface area (Å²) < 4.78 is 24.5. The Kier molecular flexibility index (Phi) is 5.61. The van der Waals surface area contributed by atoms with E-state index in [1.54, 1.807) is 12.1 Å². The molecule has 1 amide bonds. The summed E-state index contributed by atoms with van der Waals surface area (Å²) >= 11 is 5.92. The van der Waals surface area contributed by atoms with Crippen molar-refractivity contribution in [3.63, 3.8) is 0 Å². The highest BCUT2D eigenvalue weighted by Gasteiger charge is 2.17. The van der Waals surface area contributed by atoms with Crippen molar-refractivity contribution in [3.05, 3.63) is 34.6 Å². The average Bonchev–Trinajstić information content (AvgIpc) is 2.97. The smallest absolute Gasteiger partial charge is 0.277 e. The zero-order chi connectivity index (χ0) is 18.9. The fourth-order valence-electron chi connectivity index (χ4n) is 2.05. The molecule has 26 heavy (non-hydrogen) atoms. The predicted octanol–water partition coefficient (Wildman–Crippen LogP) is 3.62. The van der Waals surface area contributed by atoms with Crippen LogP contribution in [0.2, 0.25) is 0 Å². The Balaban J connectivity index is 1.89. The van der Waals surface area contributed by atoms with Crippen molar-refractivity contribution >= 4 is 70.1 Å². The minimum atomic E-state index is -3.30. The molecule has 3 aromatic rings. The van der Waals surface area contributed by atoms with Gasteiger partial charge < -0.3 is 0 Å². The van der Waals surface area contributed by atoms with E-state index in [2.05, 4.69) is 36.2 Å². The summed E-state index contributed by atoms with van der Waals surface area (Å²) in [5.74, 6) is 0.378. The number of carbonyl (C=O) groups is 1. The van der Waals surface area contributed by atoms with Gasteiger partial charge in [0.25, 0.3) is 5.91 Å². The number of sulfone groups is 1. The molecule has 11 heteroatoms. The zero-order valence-corrected chi connectivity index (χ0v) is 17.7. The van der Waals surface area contributed by atoms with Crippen molar-refractivity contribution in [2.45, 2.75) is 17.0 Å². The van der Waals surface area contributed by atoms with Crippen molar-refractivity contribution in [2.24, 2.45) is 0 Å². The number of nitrogens with one attached hydrogen (secondary N) is 1. The van der Waals surface area contributed by atoms with Gasteiger partial charge in [0.1, 0.15) is 5.69 Å². The van der Waals surface area contributed by atoms with Crippen LogP contribution in [0.5, 0.6) is 0 Å². The Morgan fingerprint density at radius 3 is 2.81 bits per heavy atom. The zero-order valence-electron chi connectivity index (χ0n) is 13.7. The summed E-state index contributed by atoms with van der Waals surface area (Å²) in [6.45, 7) is 1.97. The molecule has 0 aliphatic carbocycles. The van der Waals surface area contributed by atoms with E-state index < -0.39 is 15.7 Å². The lowest BCUT2D eigenvalue weighted by Gasteiger charge is -2.04. The van der Waals surface area contributed by atoms with Crippen LogP contribution in [0.15, 0.2) is 38.9 Å². The topological polar surface area (TPSA) is 102 Å². The first-order chi connectivity index (χ1) is 12.3. The number of benzene rings is 1. The molecule has 2 aromatic heterocycles. The molecule has 0 spiro atoms. The molecule has 0 saturated heterocycles. The third-order valence-corrected chi connectivity index (χ3v) is 6.59. The summed E-state index contributed by atoms with van der Waals surface area (Å²) in [6.07, 6.45) is 2.69. The number of halogens is 1. The maximum atomic E-state index is 12.5. The lowest BCUT2D eigenvalue weighted by molar-refractivity contribution is 0.102. The van der Waals surface area contributed by atoms with E-state index in [1.807, 2.05) is 6.92 Å². The van der Waals surface area contributed by atoms with Gasteiger partial charge >= 0.3 is 0 Å². The van der Waals surface area contributed by atoms with E-state index in [0.29, 0.717) is 25.0 Å². The number of thiazole rings is 1. The molecule has 136 valence electrons. The van der Waals surface area contributed by atoms with Gasteiger partial charge in [0.05, 0.1) is 19.6 Å². The van der Waals surface area contributed by atoms with Crippen molar-refractivity contribution in [3.8, 4) is 0 Å². The first-order valence-electron chi connectivity index (χ1n) is 7.35. The number of anilines is 1. The van der Waals surface area contributed by atoms with Crippen LogP contribution >= 0.6 is 39.0 Å². The second-order valence-corrected chi connectivity index (χ2v) is 10.3. The van der Waals surface area contributed by atoms with E-state index in [9.17, 15) is 13.2 Å². The number of fused-ring (bicyclic) bond motifs is 1. The first kappa shape index (κ1) is 19.2. The molecular formula is C15H13BrN4O3S3. The quantitative estimate of drug-likeness (QED) is 0.446. The Morgan fingerprint density at radius 2 is 2.12 bits per heavy atom. The van der Waals surface area contributed by atoms with E-state index in [0.717, 1.165) is 12.0 Å². The lowest BCUT2D eigenvalue weighted by Crippen LogP contribution is -2.15. The number of thioether (sulfide) groups is 1. The van der Waals surface area contributed by atoms with Crippen molar-refractivity contribution in [1.29, 1.82) is 0 Å². The van der Waals surface area contributed by atoms with Crippen LogP contribution < -0.4 is 5.32 Å². The van der Waals surface area contributed by atoms with Crippen LogP contribution in [0, 0.1) is 0 Å². The highest BCUT2D eigenvalue weighted by atomic mass is 79.9. The molecule has 0 fully saturated rings. The van der Waals surface area contributed by atoms with Gasteiger partial charge in [-0.2, -0.15) is 0 Å². The fourth-order valence-corrected chi connectivity index (χ4v) is 4.59. The summed E-state index contributed by atoms with van der Waals surface area (Å²) in [7, 11) is -3.30. The van der Waals surface area contributed by atoms with E-state index in [1.165, 1.54) is 35.4 Å². The highest BCUT2D eigenvalue weighted by molar-refractivity contribution is 9.10. The standard InChI is InChI=1S/C15H13BrN4O3S3/c1-3-24-14-17-7-9(16)12(19-14)13(21)20-15-18-10-5-4-8(26(2,22)23)6-11(10)25-15/h4-7H,3H2,1-2H3,(H,18,20,21). The van der Waals surface area contributed by atoms with E-state index in [4.69, 9.17) is 0 Å². The molecule has 0 unspecified atom stereocenters. The Morgan fingerprint density at radius 1 is 1.35 bits per heavy atom. The summed E-state index contributed by atoms with van der Waals surface area (Å²) in [4.78, 5) is 25.4. The van der Waals surface area contributed by atoms with Crippen molar-refractivity contribution < 1.29 is 13.2 Å². The van der Waals surface area contributed by atoms with Crippen LogP contribution in [0.3, 0.4) is 0 Å². The number of aromatic nitrogens is 3. The van der Waals surface area contributed by atoms with Crippen LogP contribution in [0.25, 0.3) is 10.2 Å². The highest BCUT2D eigenvalue weighted by Crippen LogP contribution is 2.29. The van der Waals surface area contributed by atoms with Gasteiger partial charge in [-0.25, -0.2) is 23.4 Å². The van der Waals surface area contributed by atoms with Gasteiger partial charge in [-0.15, -0.1) is 0 Å². The second-order valence-electron chi connectivity index (χ2n) is 5.16. The third kappa shape index (κ3) is 4.22. The lowest BCUT2D eigenvalue weighted by atomic mass is 10.3. The van der Waals surface area contributed by atoms with Crippen LogP contribution in [-0.2, 0) is 9.84 Å². The number of amides is 1. The molecule has 0 atom stereocenters. The van der Waals surface area contributed by atoms with E-state index >= 15 is 0 Å². The molecule has 0 aliphatic heterocycles. The van der Waals surface area contributed by atoms with Crippen molar-refractivity contribution in [2.75, 3.05) is 17.3 Å². The second kappa shape index (κ2) is 7.59. The average molecular weight is 473 g/mol. The Hall–Kier alpha value is -1.56.